The lowest BCUT2D eigenvalue weighted by Crippen LogP contribution is -2.26. The van der Waals surface area contributed by atoms with Crippen molar-refractivity contribution in [3.63, 3.8) is 0 Å². The highest BCUT2D eigenvalue weighted by Crippen LogP contribution is 2.39. The Balaban J connectivity index is 1.60. The summed E-state index contributed by atoms with van der Waals surface area (Å²) in [5.41, 5.74) is 7.81. The van der Waals surface area contributed by atoms with Crippen LogP contribution >= 0.6 is 0 Å². The molecule has 0 N–H and O–H groups in total. The Morgan fingerprint density at radius 1 is 0.821 bits per heavy atom. The van der Waals surface area contributed by atoms with Crippen LogP contribution in [0.4, 0.5) is 5.69 Å². The highest BCUT2D eigenvalue weighted by Gasteiger charge is 2.42. The molecular formula is C26H25N2+. The molecule has 1 aromatic heterocycles. The third kappa shape index (κ3) is 2.31. The molecule has 0 radical (unpaired) electrons. The number of hydrogen-bond acceptors (Lipinski definition) is 0. The third-order valence-corrected chi connectivity index (χ3v) is 6.31. The van der Waals surface area contributed by atoms with Crippen molar-refractivity contribution in [2.75, 3.05) is 7.05 Å². The van der Waals surface area contributed by atoms with E-state index in [1.807, 2.05) is 0 Å². The second kappa shape index (κ2) is 5.93. The Hall–Kier alpha value is -3.13. The molecule has 0 amide bonds. The second-order valence-electron chi connectivity index (χ2n) is 8.27. The molecule has 1 aliphatic heterocycles. The first-order valence-electron chi connectivity index (χ1n) is 9.84. The summed E-state index contributed by atoms with van der Waals surface area (Å²) >= 11 is 0. The van der Waals surface area contributed by atoms with Gasteiger partial charge in [0, 0.05) is 46.6 Å². The van der Waals surface area contributed by atoms with Gasteiger partial charge in [-0.3, -0.25) is 0 Å². The molecule has 0 saturated carbocycles. The number of hydrogen-bond donors (Lipinski definition) is 0. The minimum absolute atomic E-state index is 0.00535. The molecule has 2 nitrogen and oxygen atoms in total. The fourth-order valence-electron chi connectivity index (χ4n) is 4.77. The highest BCUT2D eigenvalue weighted by atomic mass is 15.0. The number of aromatic nitrogens is 1. The fraction of sp³-hybridized carbons (Fsp3) is 0.192. The molecule has 3 aromatic carbocycles. The molecule has 138 valence electrons. The maximum atomic E-state index is 2.32. The van der Waals surface area contributed by atoms with Crippen molar-refractivity contribution < 1.29 is 4.58 Å². The van der Waals surface area contributed by atoms with Crippen molar-refractivity contribution in [1.29, 1.82) is 0 Å². The summed E-state index contributed by atoms with van der Waals surface area (Å²) in [5, 5.41) is 2.63. The summed E-state index contributed by atoms with van der Waals surface area (Å²) in [5.74, 6) is 0. The van der Waals surface area contributed by atoms with Crippen LogP contribution in [0.15, 0.2) is 72.8 Å². The lowest BCUT2D eigenvalue weighted by Gasteiger charge is -2.15. The van der Waals surface area contributed by atoms with E-state index < -0.39 is 0 Å². The van der Waals surface area contributed by atoms with E-state index in [0.29, 0.717) is 0 Å². The maximum Gasteiger partial charge on any atom is 0.209 e. The summed E-state index contributed by atoms with van der Waals surface area (Å²) in [7, 11) is 4.31. The van der Waals surface area contributed by atoms with Crippen LogP contribution in [-0.2, 0) is 12.5 Å². The van der Waals surface area contributed by atoms with Gasteiger partial charge in [-0.2, -0.15) is 4.58 Å². The van der Waals surface area contributed by atoms with E-state index in [9.17, 15) is 0 Å². The van der Waals surface area contributed by atoms with Gasteiger partial charge >= 0.3 is 0 Å². The van der Waals surface area contributed by atoms with E-state index in [0.717, 1.165) is 0 Å². The molecule has 28 heavy (non-hydrogen) atoms. The van der Waals surface area contributed by atoms with Gasteiger partial charge in [0.15, 0.2) is 5.71 Å². The molecule has 0 unspecified atom stereocenters. The number of fused-ring (bicyclic) bond motifs is 4. The summed E-state index contributed by atoms with van der Waals surface area (Å²) < 4.78 is 4.60. The van der Waals surface area contributed by atoms with Gasteiger partial charge in [-0.25, -0.2) is 0 Å². The molecule has 2 heteroatoms. The van der Waals surface area contributed by atoms with E-state index in [1.165, 1.54) is 44.3 Å². The van der Waals surface area contributed by atoms with Crippen LogP contribution < -0.4 is 0 Å². The fourth-order valence-corrected chi connectivity index (χ4v) is 4.77. The Morgan fingerprint density at radius 3 is 2.36 bits per heavy atom. The Morgan fingerprint density at radius 2 is 1.54 bits per heavy atom. The topological polar surface area (TPSA) is 7.94 Å². The van der Waals surface area contributed by atoms with Crippen molar-refractivity contribution in [3.05, 3.63) is 83.9 Å². The molecular weight excluding hydrogens is 340 g/mol. The minimum atomic E-state index is 0.00535. The first-order chi connectivity index (χ1) is 13.5. The van der Waals surface area contributed by atoms with Gasteiger partial charge in [0.2, 0.25) is 5.69 Å². The molecule has 1 aliphatic rings. The standard InChI is InChI=1S/C26H25N2/c1-26(2)21-10-6-8-12-24(21)28(4)25(26)16-14-18-13-15-23-20(17-18)19-9-5-7-11-22(19)27(23)3/h5-17H,1-4H3/q+1. The zero-order valence-electron chi connectivity index (χ0n) is 16.9. The van der Waals surface area contributed by atoms with Gasteiger partial charge in [0.05, 0.1) is 5.41 Å². The first kappa shape index (κ1) is 17.0. The molecule has 0 aliphatic carbocycles. The summed E-state index contributed by atoms with van der Waals surface area (Å²) in [4.78, 5) is 0. The van der Waals surface area contributed by atoms with E-state index in [-0.39, 0.29) is 5.41 Å². The van der Waals surface area contributed by atoms with E-state index in [4.69, 9.17) is 0 Å². The van der Waals surface area contributed by atoms with Gasteiger partial charge < -0.3 is 4.57 Å². The van der Waals surface area contributed by atoms with Gasteiger partial charge in [-0.05, 0) is 43.7 Å². The van der Waals surface area contributed by atoms with Gasteiger partial charge in [-0.1, -0.05) is 42.5 Å². The smallest absolute Gasteiger partial charge is 0.209 e. The van der Waals surface area contributed by atoms with Crippen molar-refractivity contribution >= 4 is 39.3 Å². The van der Waals surface area contributed by atoms with E-state index >= 15 is 0 Å². The lowest BCUT2D eigenvalue weighted by atomic mass is 9.81. The number of allylic oxidation sites excluding steroid dienone is 1. The minimum Gasteiger partial charge on any atom is -0.344 e. The first-order valence-corrected chi connectivity index (χ1v) is 9.84. The van der Waals surface area contributed by atoms with Gasteiger partial charge in [-0.15, -0.1) is 0 Å². The molecule has 0 atom stereocenters. The average Bonchev–Trinajstić information content (AvgIpc) is 3.10. The molecule has 2 heterocycles. The van der Waals surface area contributed by atoms with Crippen LogP contribution in [0.1, 0.15) is 25.0 Å². The summed E-state index contributed by atoms with van der Waals surface area (Å²) in [6.45, 7) is 4.62. The van der Waals surface area contributed by atoms with E-state index in [1.54, 1.807) is 0 Å². The Kier molecular flexibility index (Phi) is 3.60. The number of benzene rings is 3. The number of para-hydroxylation sites is 2. The SMILES string of the molecule is Cn1c2ccccc2c2cc(/C=C/C3=[N+](C)c4ccccc4C3(C)C)ccc21. The zero-order valence-corrected chi connectivity index (χ0v) is 16.9. The zero-order chi connectivity index (χ0) is 19.5. The van der Waals surface area contributed by atoms with Gasteiger partial charge in [0.25, 0.3) is 0 Å². The average molecular weight is 366 g/mol. The van der Waals surface area contributed by atoms with Crippen LogP contribution in [0.5, 0.6) is 0 Å². The molecule has 0 saturated heterocycles. The molecule has 4 aromatic rings. The molecule has 0 fully saturated rings. The molecule has 5 rings (SSSR count). The predicted octanol–water partition coefficient (Wildman–Crippen LogP) is 6.05. The summed E-state index contributed by atoms with van der Waals surface area (Å²) in [6.07, 6.45) is 4.53. The van der Waals surface area contributed by atoms with Crippen molar-refractivity contribution in [2.24, 2.45) is 7.05 Å². The van der Waals surface area contributed by atoms with Crippen LogP contribution in [0.2, 0.25) is 0 Å². The highest BCUT2D eigenvalue weighted by molar-refractivity contribution is 6.09. The largest absolute Gasteiger partial charge is 0.344 e. The lowest BCUT2D eigenvalue weighted by molar-refractivity contribution is -0.401. The van der Waals surface area contributed by atoms with Crippen LogP contribution in [0.25, 0.3) is 27.9 Å². The van der Waals surface area contributed by atoms with Crippen molar-refractivity contribution in [3.8, 4) is 0 Å². The second-order valence-corrected chi connectivity index (χ2v) is 8.27. The van der Waals surface area contributed by atoms with Crippen LogP contribution in [-0.4, -0.2) is 21.9 Å². The quantitative estimate of drug-likeness (QED) is 0.382. The van der Waals surface area contributed by atoms with Gasteiger partial charge in [0.1, 0.15) is 7.05 Å². The van der Waals surface area contributed by atoms with Crippen LogP contribution in [0.3, 0.4) is 0 Å². The number of aryl methyl sites for hydroxylation is 1. The maximum absolute atomic E-state index is 2.32. The summed E-state index contributed by atoms with van der Waals surface area (Å²) in [6, 6.07) is 24.1. The predicted molar refractivity (Wildman–Crippen MR) is 120 cm³/mol. The Bertz CT molecular complexity index is 1300. The van der Waals surface area contributed by atoms with Crippen molar-refractivity contribution in [2.45, 2.75) is 19.3 Å². The Labute approximate surface area is 166 Å². The number of rotatable bonds is 2. The third-order valence-electron chi connectivity index (χ3n) is 6.31. The van der Waals surface area contributed by atoms with Crippen LogP contribution in [0, 0.1) is 0 Å². The molecule has 0 spiro atoms. The normalized spacial score (nSPS) is 15.9. The number of nitrogens with zero attached hydrogens (tertiary/aromatic N) is 2. The van der Waals surface area contributed by atoms with Crippen molar-refractivity contribution in [1.82, 2.24) is 4.57 Å². The van der Waals surface area contributed by atoms with E-state index in [2.05, 4.69) is 116 Å². The molecule has 0 bridgehead atoms. The monoisotopic (exact) mass is 365 g/mol.